The molecule has 4 heteroatoms. The Labute approximate surface area is 110 Å². The number of nitrogens with one attached hydrogen (secondary N) is 2. The fourth-order valence-corrected chi connectivity index (χ4v) is 2.41. The van der Waals surface area contributed by atoms with Gasteiger partial charge >= 0.3 is 0 Å². The molecule has 3 nitrogen and oxygen atoms in total. The molecule has 0 saturated heterocycles. The van der Waals surface area contributed by atoms with E-state index in [2.05, 4.69) is 34.3 Å². The minimum atomic E-state index is 0.686. The van der Waals surface area contributed by atoms with Crippen LogP contribution in [0, 0.1) is 6.92 Å². The highest BCUT2D eigenvalue weighted by atomic mass is 35.5. The molecule has 90 valence electrons. The van der Waals surface area contributed by atoms with Gasteiger partial charge in [0.15, 0.2) is 0 Å². The molecular weight excluding hydrogens is 246 g/mol. The average molecular weight is 258 g/mol. The van der Waals surface area contributed by atoms with Crippen molar-refractivity contribution < 1.29 is 0 Å². The molecule has 2 aromatic carbocycles. The van der Waals surface area contributed by atoms with Crippen LogP contribution in [-0.2, 0) is 0 Å². The lowest BCUT2D eigenvalue weighted by molar-refractivity contribution is 1.29. The van der Waals surface area contributed by atoms with E-state index < -0.39 is 0 Å². The predicted octanol–water partition coefficient (Wildman–Crippen LogP) is 4.27. The maximum Gasteiger partial charge on any atom is 0.204 e. The third-order valence-corrected chi connectivity index (χ3v) is 3.24. The minimum Gasteiger partial charge on any atom is -0.331 e. The molecule has 2 N–H and O–H groups in total. The number of H-pyrrole nitrogens is 1. The van der Waals surface area contributed by atoms with Crippen molar-refractivity contribution >= 4 is 34.0 Å². The fourth-order valence-electron chi connectivity index (χ4n) is 2.09. The summed E-state index contributed by atoms with van der Waals surface area (Å²) in [7, 11) is 0. The highest BCUT2D eigenvalue weighted by Gasteiger charge is 2.09. The number of halogens is 1. The second kappa shape index (κ2) is 4.35. The highest BCUT2D eigenvalue weighted by Crippen LogP contribution is 2.34. The van der Waals surface area contributed by atoms with Gasteiger partial charge in [-0.25, -0.2) is 4.98 Å². The number of anilines is 2. The van der Waals surface area contributed by atoms with E-state index in [-0.39, 0.29) is 0 Å². The maximum absolute atomic E-state index is 6.32. The molecule has 18 heavy (non-hydrogen) atoms. The van der Waals surface area contributed by atoms with Crippen molar-refractivity contribution in [2.24, 2.45) is 0 Å². The van der Waals surface area contributed by atoms with E-state index in [0.29, 0.717) is 11.0 Å². The Hall–Kier alpha value is -2.00. The summed E-state index contributed by atoms with van der Waals surface area (Å²) in [5.74, 6) is 0.686. The first-order valence-electron chi connectivity index (χ1n) is 5.70. The Morgan fingerprint density at radius 1 is 1.22 bits per heavy atom. The first kappa shape index (κ1) is 11.1. The molecule has 0 bridgehead atoms. The molecule has 3 aromatic rings. The Morgan fingerprint density at radius 2 is 2.00 bits per heavy atom. The monoisotopic (exact) mass is 257 g/mol. The zero-order valence-electron chi connectivity index (χ0n) is 9.87. The minimum absolute atomic E-state index is 0.686. The van der Waals surface area contributed by atoms with Crippen molar-refractivity contribution in [1.82, 2.24) is 9.97 Å². The maximum atomic E-state index is 6.32. The van der Waals surface area contributed by atoms with E-state index >= 15 is 0 Å². The first-order valence-corrected chi connectivity index (χ1v) is 6.08. The molecular formula is C14H12ClN3. The van der Waals surface area contributed by atoms with Gasteiger partial charge in [0.05, 0.1) is 10.7 Å². The van der Waals surface area contributed by atoms with Gasteiger partial charge in [-0.3, -0.25) is 0 Å². The van der Waals surface area contributed by atoms with Gasteiger partial charge < -0.3 is 10.3 Å². The molecule has 0 fully saturated rings. The van der Waals surface area contributed by atoms with Crippen LogP contribution in [0.15, 0.2) is 42.7 Å². The quantitative estimate of drug-likeness (QED) is 0.720. The number of aryl methyl sites for hydroxylation is 1. The zero-order valence-corrected chi connectivity index (χ0v) is 10.6. The van der Waals surface area contributed by atoms with Crippen LogP contribution in [0.5, 0.6) is 0 Å². The topological polar surface area (TPSA) is 40.7 Å². The Bertz CT molecular complexity index is 690. The van der Waals surface area contributed by atoms with Crippen LogP contribution >= 0.6 is 11.6 Å². The fraction of sp³-hybridized carbons (Fsp3) is 0.0714. The summed E-state index contributed by atoms with van der Waals surface area (Å²) >= 11 is 6.32. The van der Waals surface area contributed by atoms with E-state index in [4.69, 9.17) is 11.6 Å². The van der Waals surface area contributed by atoms with Crippen molar-refractivity contribution in [3.05, 3.63) is 53.3 Å². The van der Waals surface area contributed by atoms with Gasteiger partial charge in [0.2, 0.25) is 5.95 Å². The Kier molecular flexibility index (Phi) is 2.68. The summed E-state index contributed by atoms with van der Waals surface area (Å²) < 4.78 is 0. The smallest absolute Gasteiger partial charge is 0.204 e. The Morgan fingerprint density at radius 3 is 2.72 bits per heavy atom. The van der Waals surface area contributed by atoms with Crippen LogP contribution < -0.4 is 5.32 Å². The number of hydrogen-bond donors (Lipinski definition) is 2. The van der Waals surface area contributed by atoms with E-state index in [0.717, 1.165) is 11.1 Å². The van der Waals surface area contributed by atoms with Crippen molar-refractivity contribution in [1.29, 1.82) is 0 Å². The molecule has 0 radical (unpaired) electrons. The van der Waals surface area contributed by atoms with Gasteiger partial charge in [-0.05, 0) is 23.9 Å². The van der Waals surface area contributed by atoms with E-state index in [1.807, 2.05) is 18.2 Å². The van der Waals surface area contributed by atoms with Gasteiger partial charge in [0, 0.05) is 17.8 Å². The summed E-state index contributed by atoms with van der Waals surface area (Å²) in [6.45, 7) is 2.06. The van der Waals surface area contributed by atoms with Crippen LogP contribution in [0.25, 0.3) is 10.8 Å². The Balaban J connectivity index is 2.21. The number of rotatable bonds is 2. The predicted molar refractivity (Wildman–Crippen MR) is 75.6 cm³/mol. The first-order chi connectivity index (χ1) is 8.75. The van der Waals surface area contributed by atoms with Crippen molar-refractivity contribution in [2.75, 3.05) is 5.32 Å². The zero-order chi connectivity index (χ0) is 12.5. The van der Waals surface area contributed by atoms with Crippen LogP contribution in [0.2, 0.25) is 5.02 Å². The normalized spacial score (nSPS) is 10.8. The van der Waals surface area contributed by atoms with Gasteiger partial charge in [-0.2, -0.15) is 0 Å². The molecule has 0 aliphatic rings. The summed E-state index contributed by atoms with van der Waals surface area (Å²) in [6.07, 6.45) is 3.47. The SMILES string of the molecule is Cc1cc(Cl)c(Nc2ncc[nH]2)c2ccccc12. The molecule has 0 aliphatic carbocycles. The molecule has 0 atom stereocenters. The second-order valence-corrected chi connectivity index (χ2v) is 4.57. The highest BCUT2D eigenvalue weighted by molar-refractivity contribution is 6.35. The average Bonchev–Trinajstić information content (AvgIpc) is 2.87. The van der Waals surface area contributed by atoms with Gasteiger partial charge in [0.1, 0.15) is 0 Å². The molecule has 3 rings (SSSR count). The molecule has 0 amide bonds. The van der Waals surface area contributed by atoms with Gasteiger partial charge in [-0.15, -0.1) is 0 Å². The molecule has 0 saturated carbocycles. The van der Waals surface area contributed by atoms with Crippen LogP contribution in [0.3, 0.4) is 0 Å². The number of nitrogens with zero attached hydrogens (tertiary/aromatic N) is 1. The lowest BCUT2D eigenvalue weighted by Crippen LogP contribution is -1.95. The number of aromatic nitrogens is 2. The lowest BCUT2D eigenvalue weighted by Gasteiger charge is -2.12. The standard InChI is InChI=1S/C14H12ClN3/c1-9-8-12(15)13(18-14-16-6-7-17-14)11-5-3-2-4-10(9)11/h2-8H,1H3,(H2,16,17,18). The van der Waals surface area contributed by atoms with Gasteiger partial charge in [-0.1, -0.05) is 35.9 Å². The molecule has 0 spiro atoms. The molecule has 0 unspecified atom stereocenters. The number of imidazole rings is 1. The van der Waals surface area contributed by atoms with Crippen molar-refractivity contribution in [3.8, 4) is 0 Å². The van der Waals surface area contributed by atoms with E-state index in [1.165, 1.54) is 10.9 Å². The second-order valence-electron chi connectivity index (χ2n) is 4.16. The third-order valence-electron chi connectivity index (χ3n) is 2.94. The molecule has 1 heterocycles. The lowest BCUT2D eigenvalue weighted by atomic mass is 10.0. The molecule has 1 aromatic heterocycles. The number of hydrogen-bond acceptors (Lipinski definition) is 2. The van der Waals surface area contributed by atoms with E-state index in [9.17, 15) is 0 Å². The van der Waals surface area contributed by atoms with E-state index in [1.54, 1.807) is 12.4 Å². The van der Waals surface area contributed by atoms with Crippen molar-refractivity contribution in [2.45, 2.75) is 6.92 Å². The van der Waals surface area contributed by atoms with Crippen LogP contribution in [0.4, 0.5) is 11.6 Å². The summed E-state index contributed by atoms with van der Waals surface area (Å²) in [5.41, 5.74) is 2.05. The number of aromatic amines is 1. The summed E-state index contributed by atoms with van der Waals surface area (Å²) in [5, 5.41) is 6.21. The summed E-state index contributed by atoms with van der Waals surface area (Å²) in [6, 6.07) is 10.1. The number of benzene rings is 2. The van der Waals surface area contributed by atoms with Crippen LogP contribution in [-0.4, -0.2) is 9.97 Å². The van der Waals surface area contributed by atoms with Crippen molar-refractivity contribution in [3.63, 3.8) is 0 Å². The number of fused-ring (bicyclic) bond motifs is 1. The van der Waals surface area contributed by atoms with Gasteiger partial charge in [0.25, 0.3) is 0 Å². The summed E-state index contributed by atoms with van der Waals surface area (Å²) in [4.78, 5) is 7.17. The van der Waals surface area contributed by atoms with Crippen LogP contribution in [0.1, 0.15) is 5.56 Å². The largest absolute Gasteiger partial charge is 0.331 e. The third kappa shape index (κ3) is 1.83. The molecule has 0 aliphatic heterocycles.